The van der Waals surface area contributed by atoms with Crippen LogP contribution in [-0.2, 0) is 13.6 Å². The van der Waals surface area contributed by atoms with Gasteiger partial charge in [0.1, 0.15) is 0 Å². The van der Waals surface area contributed by atoms with Crippen molar-refractivity contribution in [3.8, 4) is 0 Å². The van der Waals surface area contributed by atoms with Crippen molar-refractivity contribution in [3.63, 3.8) is 0 Å². The predicted octanol–water partition coefficient (Wildman–Crippen LogP) is 2.64. The Hall–Kier alpha value is -0.830. The van der Waals surface area contributed by atoms with Gasteiger partial charge in [0, 0.05) is 19.6 Å². The minimum Gasteiger partial charge on any atom is -0.308 e. The fourth-order valence-electron chi connectivity index (χ4n) is 2.81. The molecule has 1 aromatic rings. The van der Waals surface area contributed by atoms with Gasteiger partial charge in [0.2, 0.25) is 0 Å². The number of aromatic nitrogens is 2. The summed E-state index contributed by atoms with van der Waals surface area (Å²) >= 11 is 0. The second kappa shape index (κ2) is 5.21. The van der Waals surface area contributed by atoms with Gasteiger partial charge in [0.05, 0.1) is 11.4 Å². The fraction of sp³-hybridized carbons (Fsp3) is 0.786. The van der Waals surface area contributed by atoms with Gasteiger partial charge in [-0.3, -0.25) is 4.68 Å². The van der Waals surface area contributed by atoms with Crippen molar-refractivity contribution in [1.82, 2.24) is 15.1 Å². The smallest absolute Gasteiger partial charge is 0.0597 e. The third-order valence-corrected chi connectivity index (χ3v) is 4.27. The Morgan fingerprint density at radius 1 is 1.35 bits per heavy atom. The van der Waals surface area contributed by atoms with E-state index in [2.05, 4.69) is 30.3 Å². The zero-order valence-corrected chi connectivity index (χ0v) is 11.5. The van der Waals surface area contributed by atoms with E-state index in [9.17, 15) is 0 Å². The summed E-state index contributed by atoms with van der Waals surface area (Å²) in [6, 6.07) is 2.86. The Morgan fingerprint density at radius 2 is 2.12 bits per heavy atom. The number of hydrogen-bond acceptors (Lipinski definition) is 2. The van der Waals surface area contributed by atoms with E-state index in [1.54, 1.807) is 0 Å². The van der Waals surface area contributed by atoms with Crippen LogP contribution in [0.25, 0.3) is 0 Å². The molecule has 3 heteroatoms. The van der Waals surface area contributed by atoms with Crippen LogP contribution < -0.4 is 5.32 Å². The highest BCUT2D eigenvalue weighted by Crippen LogP contribution is 2.29. The minimum absolute atomic E-state index is 0.691. The molecule has 0 aromatic carbocycles. The van der Waals surface area contributed by atoms with Crippen LogP contribution in [0, 0.1) is 18.8 Å². The van der Waals surface area contributed by atoms with Crippen LogP contribution in [-0.4, -0.2) is 15.8 Å². The molecule has 1 N–H and O–H groups in total. The van der Waals surface area contributed by atoms with Gasteiger partial charge in [-0.15, -0.1) is 0 Å². The van der Waals surface area contributed by atoms with Gasteiger partial charge in [-0.2, -0.15) is 5.10 Å². The maximum atomic E-state index is 4.38. The lowest BCUT2D eigenvalue weighted by Gasteiger charge is -2.32. The summed E-state index contributed by atoms with van der Waals surface area (Å²) in [4.78, 5) is 0. The SMILES string of the molecule is Cc1cc(CNC2CCC(C)C(C)C2)n(C)n1. The zero-order chi connectivity index (χ0) is 12.4. The van der Waals surface area contributed by atoms with E-state index < -0.39 is 0 Å². The van der Waals surface area contributed by atoms with Gasteiger partial charge in [0.15, 0.2) is 0 Å². The Bertz CT molecular complexity index is 370. The second-order valence-electron chi connectivity index (χ2n) is 5.75. The first-order chi connectivity index (χ1) is 8.06. The number of rotatable bonds is 3. The molecule has 0 amide bonds. The molecule has 0 bridgehead atoms. The topological polar surface area (TPSA) is 29.9 Å². The molecular formula is C14H25N3. The quantitative estimate of drug-likeness (QED) is 0.873. The molecular weight excluding hydrogens is 210 g/mol. The fourth-order valence-corrected chi connectivity index (χ4v) is 2.81. The van der Waals surface area contributed by atoms with E-state index >= 15 is 0 Å². The summed E-state index contributed by atoms with van der Waals surface area (Å²) in [5.74, 6) is 1.75. The highest BCUT2D eigenvalue weighted by Gasteiger charge is 2.24. The Labute approximate surface area is 105 Å². The van der Waals surface area contributed by atoms with Gasteiger partial charge in [-0.25, -0.2) is 0 Å². The lowest BCUT2D eigenvalue weighted by atomic mass is 9.79. The molecule has 17 heavy (non-hydrogen) atoms. The molecule has 0 aliphatic heterocycles. The molecule has 3 unspecified atom stereocenters. The van der Waals surface area contributed by atoms with Crippen molar-refractivity contribution < 1.29 is 0 Å². The second-order valence-corrected chi connectivity index (χ2v) is 5.75. The van der Waals surface area contributed by atoms with E-state index in [0.717, 1.165) is 24.1 Å². The van der Waals surface area contributed by atoms with Crippen molar-refractivity contribution in [2.75, 3.05) is 0 Å². The third-order valence-electron chi connectivity index (χ3n) is 4.27. The molecule has 0 spiro atoms. The molecule has 1 saturated carbocycles. The van der Waals surface area contributed by atoms with E-state index in [1.807, 2.05) is 18.7 Å². The maximum absolute atomic E-state index is 4.38. The summed E-state index contributed by atoms with van der Waals surface area (Å²) < 4.78 is 1.98. The predicted molar refractivity (Wildman–Crippen MR) is 70.8 cm³/mol. The molecule has 3 atom stereocenters. The Kier molecular flexibility index (Phi) is 3.87. The number of hydrogen-bond donors (Lipinski definition) is 1. The van der Waals surface area contributed by atoms with Gasteiger partial charge in [0.25, 0.3) is 0 Å². The van der Waals surface area contributed by atoms with E-state index in [1.165, 1.54) is 25.0 Å². The summed E-state index contributed by atoms with van der Waals surface area (Å²) in [5.41, 5.74) is 2.39. The Morgan fingerprint density at radius 3 is 2.71 bits per heavy atom. The molecule has 0 saturated heterocycles. The first-order valence-electron chi connectivity index (χ1n) is 6.79. The van der Waals surface area contributed by atoms with Crippen LogP contribution in [0.2, 0.25) is 0 Å². The largest absolute Gasteiger partial charge is 0.308 e. The minimum atomic E-state index is 0.691. The van der Waals surface area contributed by atoms with Gasteiger partial charge in [-0.1, -0.05) is 13.8 Å². The molecule has 2 rings (SSSR count). The summed E-state index contributed by atoms with van der Waals surface area (Å²) in [7, 11) is 2.02. The summed E-state index contributed by atoms with van der Waals surface area (Å²) in [6.45, 7) is 7.76. The van der Waals surface area contributed by atoms with Crippen LogP contribution in [0.1, 0.15) is 44.5 Å². The van der Waals surface area contributed by atoms with E-state index in [-0.39, 0.29) is 0 Å². The molecule has 1 aromatic heterocycles. The molecule has 1 heterocycles. The van der Waals surface area contributed by atoms with Gasteiger partial charge < -0.3 is 5.32 Å². The lowest BCUT2D eigenvalue weighted by molar-refractivity contribution is 0.225. The number of aryl methyl sites for hydroxylation is 2. The highest BCUT2D eigenvalue weighted by atomic mass is 15.3. The monoisotopic (exact) mass is 235 g/mol. The molecule has 3 nitrogen and oxygen atoms in total. The van der Waals surface area contributed by atoms with Crippen molar-refractivity contribution in [1.29, 1.82) is 0 Å². The van der Waals surface area contributed by atoms with Crippen molar-refractivity contribution in [2.45, 2.75) is 52.6 Å². The normalized spacial score (nSPS) is 29.5. The average molecular weight is 235 g/mol. The Balaban J connectivity index is 1.84. The van der Waals surface area contributed by atoms with E-state index in [4.69, 9.17) is 0 Å². The van der Waals surface area contributed by atoms with E-state index in [0.29, 0.717) is 6.04 Å². The van der Waals surface area contributed by atoms with Crippen LogP contribution in [0.3, 0.4) is 0 Å². The van der Waals surface area contributed by atoms with Crippen LogP contribution in [0.15, 0.2) is 6.07 Å². The standard InChI is InChI=1S/C14H25N3/c1-10-5-6-13(7-11(10)2)15-9-14-8-12(3)16-17(14)4/h8,10-11,13,15H,5-7,9H2,1-4H3. The number of nitrogens with one attached hydrogen (secondary N) is 1. The molecule has 1 fully saturated rings. The van der Waals surface area contributed by atoms with Crippen LogP contribution in [0.5, 0.6) is 0 Å². The maximum Gasteiger partial charge on any atom is 0.0597 e. The highest BCUT2D eigenvalue weighted by molar-refractivity contribution is 5.08. The molecule has 1 aliphatic rings. The number of nitrogens with zero attached hydrogens (tertiary/aromatic N) is 2. The summed E-state index contributed by atoms with van der Waals surface area (Å²) in [6.07, 6.45) is 4.00. The molecule has 96 valence electrons. The molecule has 0 radical (unpaired) electrons. The molecule has 1 aliphatic carbocycles. The summed E-state index contributed by atoms with van der Waals surface area (Å²) in [5, 5.41) is 8.06. The lowest BCUT2D eigenvalue weighted by Crippen LogP contribution is -2.36. The van der Waals surface area contributed by atoms with Crippen molar-refractivity contribution >= 4 is 0 Å². The third kappa shape index (κ3) is 3.09. The first kappa shape index (κ1) is 12.6. The zero-order valence-electron chi connectivity index (χ0n) is 11.5. The van der Waals surface area contributed by atoms with Gasteiger partial charge in [-0.05, 0) is 44.1 Å². The van der Waals surface area contributed by atoms with Crippen molar-refractivity contribution in [3.05, 3.63) is 17.5 Å². The average Bonchev–Trinajstić information content (AvgIpc) is 2.59. The van der Waals surface area contributed by atoms with Gasteiger partial charge >= 0.3 is 0 Å². The van der Waals surface area contributed by atoms with Crippen LogP contribution >= 0.6 is 0 Å². The van der Waals surface area contributed by atoms with Crippen LogP contribution in [0.4, 0.5) is 0 Å². The van der Waals surface area contributed by atoms with Crippen molar-refractivity contribution in [2.24, 2.45) is 18.9 Å². The first-order valence-corrected chi connectivity index (χ1v) is 6.79.